The molecule has 0 saturated carbocycles. The van der Waals surface area contributed by atoms with Crippen LogP contribution in [0.25, 0.3) is 0 Å². The van der Waals surface area contributed by atoms with Crippen molar-refractivity contribution in [2.75, 3.05) is 13.7 Å². The molecule has 0 aliphatic rings. The average molecular weight is 351 g/mol. The number of carbonyl (C=O) groups excluding carboxylic acids is 1. The van der Waals surface area contributed by atoms with E-state index in [9.17, 15) is 13.6 Å². The number of hydrogen-bond acceptors (Lipinski definition) is 4. The maximum atomic E-state index is 14.6. The zero-order chi connectivity index (χ0) is 18.9. The van der Waals surface area contributed by atoms with Crippen LogP contribution in [0.4, 0.5) is 14.5 Å². The number of rotatable bonds is 10. The van der Waals surface area contributed by atoms with E-state index in [1.807, 2.05) is 0 Å². The van der Waals surface area contributed by atoms with E-state index in [0.717, 1.165) is 6.08 Å². The van der Waals surface area contributed by atoms with Gasteiger partial charge in [0, 0.05) is 6.42 Å². The van der Waals surface area contributed by atoms with E-state index in [2.05, 4.69) is 18.2 Å². The van der Waals surface area contributed by atoms with Gasteiger partial charge in [0.15, 0.2) is 0 Å². The first kappa shape index (κ1) is 20.5. The first-order valence-corrected chi connectivity index (χ1v) is 7.89. The quantitative estimate of drug-likeness (QED) is 0.348. The molecular formula is C19H23F2NO3. The van der Waals surface area contributed by atoms with Gasteiger partial charge in [0.2, 0.25) is 0 Å². The number of nitrogens with zero attached hydrogens (tertiary/aromatic N) is 1. The number of ether oxygens (including phenoxy) is 2. The second kappa shape index (κ2) is 9.71. The molecule has 0 amide bonds. The molecule has 0 radical (unpaired) electrons. The SMILES string of the molecule is C=CCC(C(=O)OCC)C(=Nc1ccc(OC)cc1)C(F)(F)CC=C. The summed E-state index contributed by atoms with van der Waals surface area (Å²) >= 11 is 0. The van der Waals surface area contributed by atoms with Gasteiger partial charge in [0.25, 0.3) is 5.92 Å². The molecule has 136 valence electrons. The van der Waals surface area contributed by atoms with E-state index < -0.39 is 29.9 Å². The average Bonchev–Trinajstić information content (AvgIpc) is 2.58. The first-order chi connectivity index (χ1) is 11.9. The minimum absolute atomic E-state index is 0.000550. The summed E-state index contributed by atoms with van der Waals surface area (Å²) in [5.74, 6) is -4.72. The van der Waals surface area contributed by atoms with E-state index in [4.69, 9.17) is 9.47 Å². The molecule has 0 heterocycles. The van der Waals surface area contributed by atoms with Crippen molar-refractivity contribution < 1.29 is 23.0 Å². The minimum atomic E-state index is -3.33. The molecule has 0 spiro atoms. The third-order valence-electron chi connectivity index (χ3n) is 3.40. The molecule has 4 nitrogen and oxygen atoms in total. The van der Waals surface area contributed by atoms with Crippen LogP contribution in [0.15, 0.2) is 54.6 Å². The molecule has 1 aromatic rings. The third-order valence-corrected chi connectivity index (χ3v) is 3.40. The fourth-order valence-electron chi connectivity index (χ4n) is 2.23. The first-order valence-electron chi connectivity index (χ1n) is 7.89. The van der Waals surface area contributed by atoms with Crippen molar-refractivity contribution in [3.05, 3.63) is 49.6 Å². The molecule has 0 N–H and O–H groups in total. The molecule has 0 aliphatic carbocycles. The van der Waals surface area contributed by atoms with Gasteiger partial charge in [-0.05, 0) is 37.6 Å². The van der Waals surface area contributed by atoms with Gasteiger partial charge in [-0.15, -0.1) is 13.2 Å². The lowest BCUT2D eigenvalue weighted by atomic mass is 9.92. The largest absolute Gasteiger partial charge is 0.497 e. The highest BCUT2D eigenvalue weighted by atomic mass is 19.3. The molecule has 1 unspecified atom stereocenters. The lowest BCUT2D eigenvalue weighted by Gasteiger charge is -2.23. The van der Waals surface area contributed by atoms with Gasteiger partial charge in [-0.25, -0.2) is 0 Å². The number of esters is 1. The van der Waals surface area contributed by atoms with Crippen molar-refractivity contribution in [3.8, 4) is 5.75 Å². The van der Waals surface area contributed by atoms with Crippen molar-refractivity contribution in [1.29, 1.82) is 0 Å². The number of benzene rings is 1. The summed E-state index contributed by atoms with van der Waals surface area (Å²) in [6, 6.07) is 6.29. The highest BCUT2D eigenvalue weighted by molar-refractivity contribution is 6.07. The number of hydrogen-bond donors (Lipinski definition) is 0. The van der Waals surface area contributed by atoms with Gasteiger partial charge in [0.1, 0.15) is 17.4 Å². The Morgan fingerprint density at radius 1 is 1.28 bits per heavy atom. The summed E-state index contributed by atoms with van der Waals surface area (Å²) in [4.78, 5) is 16.2. The van der Waals surface area contributed by atoms with Gasteiger partial charge in [0.05, 0.1) is 19.4 Å². The van der Waals surface area contributed by atoms with Gasteiger partial charge in [-0.1, -0.05) is 12.2 Å². The number of carbonyl (C=O) groups is 1. The summed E-state index contributed by atoms with van der Waals surface area (Å²) in [6.07, 6.45) is 1.87. The molecule has 25 heavy (non-hydrogen) atoms. The summed E-state index contributed by atoms with van der Waals surface area (Å²) in [5, 5.41) is 0. The van der Waals surface area contributed by atoms with Crippen molar-refractivity contribution in [1.82, 2.24) is 0 Å². The van der Waals surface area contributed by atoms with E-state index in [1.165, 1.54) is 13.2 Å². The second-order valence-electron chi connectivity index (χ2n) is 5.22. The van der Waals surface area contributed by atoms with Crippen LogP contribution in [-0.4, -0.2) is 31.3 Å². The fraction of sp³-hybridized carbons (Fsp3) is 0.368. The minimum Gasteiger partial charge on any atom is -0.497 e. The molecule has 1 rings (SSSR count). The zero-order valence-electron chi connectivity index (χ0n) is 14.5. The molecule has 6 heteroatoms. The molecule has 1 aromatic carbocycles. The van der Waals surface area contributed by atoms with Crippen LogP contribution in [0.5, 0.6) is 5.75 Å². The summed E-state index contributed by atoms with van der Waals surface area (Å²) in [5.41, 5.74) is -0.270. The van der Waals surface area contributed by atoms with E-state index in [0.29, 0.717) is 5.75 Å². The van der Waals surface area contributed by atoms with Gasteiger partial charge >= 0.3 is 5.97 Å². The van der Waals surface area contributed by atoms with Crippen LogP contribution in [0.1, 0.15) is 19.8 Å². The molecule has 0 saturated heterocycles. The molecular weight excluding hydrogens is 328 g/mol. The lowest BCUT2D eigenvalue weighted by molar-refractivity contribution is -0.146. The van der Waals surface area contributed by atoms with Crippen molar-refractivity contribution in [3.63, 3.8) is 0 Å². The van der Waals surface area contributed by atoms with Gasteiger partial charge in [-0.2, -0.15) is 8.78 Å². The molecule has 0 aromatic heterocycles. The van der Waals surface area contributed by atoms with E-state index in [-0.39, 0.29) is 18.7 Å². The Hall–Kier alpha value is -2.50. The maximum Gasteiger partial charge on any atom is 0.315 e. The summed E-state index contributed by atoms with van der Waals surface area (Å²) in [7, 11) is 1.50. The molecule has 0 fully saturated rings. The zero-order valence-corrected chi connectivity index (χ0v) is 14.5. The number of halogens is 2. The fourth-order valence-corrected chi connectivity index (χ4v) is 2.23. The summed E-state index contributed by atoms with van der Waals surface area (Å²) < 4.78 is 39.2. The number of allylic oxidation sites excluding steroid dienone is 2. The predicted molar refractivity (Wildman–Crippen MR) is 94.8 cm³/mol. The monoisotopic (exact) mass is 351 g/mol. The smallest absolute Gasteiger partial charge is 0.315 e. The van der Waals surface area contributed by atoms with Crippen LogP contribution < -0.4 is 4.74 Å². The normalized spacial score (nSPS) is 13.0. The number of aliphatic imine (C=N–C) groups is 1. The Balaban J connectivity index is 3.38. The van der Waals surface area contributed by atoms with Crippen LogP contribution in [0, 0.1) is 5.92 Å². The van der Waals surface area contributed by atoms with Crippen LogP contribution >= 0.6 is 0 Å². The standard InChI is InChI=1S/C19H23F2NO3/c1-5-8-16(18(23)25-7-3)17(19(20,21)13-6-2)22-14-9-11-15(24-4)12-10-14/h5-6,9-12,16H,1-2,7-8,13H2,3-4H3. The van der Waals surface area contributed by atoms with Gasteiger partial charge < -0.3 is 9.47 Å². The predicted octanol–water partition coefficient (Wildman–Crippen LogP) is 4.73. The Morgan fingerprint density at radius 3 is 2.40 bits per heavy atom. The Bertz CT molecular complexity index is 624. The maximum absolute atomic E-state index is 14.6. The molecule has 1 atom stereocenters. The van der Waals surface area contributed by atoms with E-state index in [1.54, 1.807) is 31.2 Å². The van der Waals surface area contributed by atoms with Gasteiger partial charge in [-0.3, -0.25) is 9.79 Å². The van der Waals surface area contributed by atoms with Crippen LogP contribution in [0.3, 0.4) is 0 Å². The lowest BCUT2D eigenvalue weighted by Crippen LogP contribution is -2.39. The second-order valence-corrected chi connectivity index (χ2v) is 5.22. The third kappa shape index (κ3) is 5.81. The van der Waals surface area contributed by atoms with Crippen molar-refractivity contribution in [2.24, 2.45) is 10.9 Å². The molecule has 0 bridgehead atoms. The summed E-state index contributed by atoms with van der Waals surface area (Å²) in [6.45, 7) is 8.60. The Morgan fingerprint density at radius 2 is 1.92 bits per heavy atom. The van der Waals surface area contributed by atoms with Crippen LogP contribution in [-0.2, 0) is 9.53 Å². The van der Waals surface area contributed by atoms with Crippen LogP contribution in [0.2, 0.25) is 0 Å². The Kier molecular flexibility index (Phi) is 7.98. The topological polar surface area (TPSA) is 47.9 Å². The molecule has 0 aliphatic heterocycles. The van der Waals surface area contributed by atoms with Crippen molar-refractivity contribution >= 4 is 17.4 Å². The number of methoxy groups -OCH3 is 1. The highest BCUT2D eigenvalue weighted by Gasteiger charge is 2.42. The number of alkyl halides is 2. The Labute approximate surface area is 146 Å². The highest BCUT2D eigenvalue weighted by Crippen LogP contribution is 2.31. The van der Waals surface area contributed by atoms with Crippen molar-refractivity contribution in [2.45, 2.75) is 25.7 Å². The van der Waals surface area contributed by atoms with E-state index >= 15 is 0 Å².